The summed E-state index contributed by atoms with van der Waals surface area (Å²) in [5.74, 6) is -1.55. The minimum atomic E-state index is -1.03. The number of nitrogens with one attached hydrogen (secondary N) is 1. The van der Waals surface area contributed by atoms with E-state index in [0.717, 1.165) is 22.3 Å². The lowest BCUT2D eigenvalue weighted by Gasteiger charge is -2.26. The molecular formula is C25H26N2O5. The molecule has 1 heterocycles. The van der Waals surface area contributed by atoms with Gasteiger partial charge in [0, 0.05) is 12.5 Å². The van der Waals surface area contributed by atoms with E-state index in [1.807, 2.05) is 36.4 Å². The number of benzene rings is 2. The summed E-state index contributed by atoms with van der Waals surface area (Å²) in [6, 6.07) is 14.3. The number of rotatable bonds is 7. The summed E-state index contributed by atoms with van der Waals surface area (Å²) >= 11 is 0. The van der Waals surface area contributed by atoms with Crippen molar-refractivity contribution in [2.45, 2.75) is 37.3 Å². The normalized spacial score (nSPS) is 17.9. The van der Waals surface area contributed by atoms with Crippen LogP contribution in [0.1, 0.15) is 36.3 Å². The third kappa shape index (κ3) is 4.10. The number of ether oxygens (including phenoxy) is 1. The van der Waals surface area contributed by atoms with E-state index in [9.17, 15) is 19.5 Å². The number of amides is 2. The molecule has 2 aromatic carbocycles. The van der Waals surface area contributed by atoms with Gasteiger partial charge in [-0.1, -0.05) is 54.6 Å². The van der Waals surface area contributed by atoms with Crippen LogP contribution in [0.25, 0.3) is 11.1 Å². The zero-order valence-electron chi connectivity index (χ0n) is 17.7. The maximum Gasteiger partial charge on any atom is 0.407 e. The van der Waals surface area contributed by atoms with E-state index in [2.05, 4.69) is 24.0 Å². The Bertz CT molecular complexity index is 1000. The molecule has 166 valence electrons. The molecule has 0 spiro atoms. The molecule has 0 radical (unpaired) electrons. The van der Waals surface area contributed by atoms with E-state index >= 15 is 0 Å². The largest absolute Gasteiger partial charge is 0.480 e. The molecule has 2 atom stereocenters. The lowest BCUT2D eigenvalue weighted by molar-refractivity contribution is -0.148. The lowest BCUT2D eigenvalue weighted by Crippen LogP contribution is -2.51. The number of likely N-dealkylation sites (tertiary alicyclic amines) is 1. The number of nitrogens with zero attached hydrogens (tertiary/aromatic N) is 1. The molecule has 2 aliphatic rings. The highest BCUT2D eigenvalue weighted by atomic mass is 16.5. The van der Waals surface area contributed by atoms with E-state index in [-0.39, 0.29) is 18.9 Å². The van der Waals surface area contributed by atoms with Crippen LogP contribution in [0, 0.1) is 0 Å². The molecule has 1 saturated heterocycles. The van der Waals surface area contributed by atoms with Crippen LogP contribution in [-0.4, -0.2) is 53.2 Å². The van der Waals surface area contributed by atoms with Crippen LogP contribution >= 0.6 is 0 Å². The van der Waals surface area contributed by atoms with Gasteiger partial charge in [0.05, 0.1) is 0 Å². The SMILES string of the molecule is C=CCC(NC(=O)OCC1c2ccccc2-c2ccccc21)C(=O)N1CCCC1C(=O)O. The second kappa shape index (κ2) is 9.26. The molecule has 32 heavy (non-hydrogen) atoms. The fourth-order valence-electron chi connectivity index (χ4n) is 4.66. The zero-order chi connectivity index (χ0) is 22.7. The van der Waals surface area contributed by atoms with E-state index in [4.69, 9.17) is 4.74 Å². The molecule has 2 unspecified atom stereocenters. The lowest BCUT2D eigenvalue weighted by atomic mass is 9.98. The summed E-state index contributed by atoms with van der Waals surface area (Å²) in [5, 5.41) is 12.0. The number of carboxylic acids is 1. The summed E-state index contributed by atoms with van der Waals surface area (Å²) in [6.07, 6.45) is 2.03. The quantitative estimate of drug-likeness (QED) is 0.650. The first-order valence-corrected chi connectivity index (χ1v) is 10.8. The molecule has 7 nitrogen and oxygen atoms in total. The molecule has 2 amide bonds. The number of fused-ring (bicyclic) bond motifs is 3. The van der Waals surface area contributed by atoms with Crippen molar-refractivity contribution in [3.05, 3.63) is 72.3 Å². The van der Waals surface area contributed by atoms with Gasteiger partial charge in [0.15, 0.2) is 0 Å². The number of aliphatic carboxylic acids is 1. The second-order valence-corrected chi connectivity index (χ2v) is 8.07. The minimum absolute atomic E-state index is 0.0864. The topological polar surface area (TPSA) is 95.9 Å². The molecule has 0 bridgehead atoms. The number of carbonyl (C=O) groups excluding carboxylic acids is 2. The third-order valence-corrected chi connectivity index (χ3v) is 6.16. The Morgan fingerprint density at radius 3 is 2.34 bits per heavy atom. The molecule has 1 aliphatic carbocycles. The van der Waals surface area contributed by atoms with Crippen molar-refractivity contribution in [3.8, 4) is 11.1 Å². The summed E-state index contributed by atoms with van der Waals surface area (Å²) in [7, 11) is 0. The van der Waals surface area contributed by atoms with Gasteiger partial charge in [-0.2, -0.15) is 0 Å². The van der Waals surface area contributed by atoms with Crippen molar-refractivity contribution in [1.82, 2.24) is 10.2 Å². The fraction of sp³-hybridized carbons (Fsp3) is 0.320. The minimum Gasteiger partial charge on any atom is -0.480 e. The Morgan fingerprint density at radius 1 is 1.12 bits per heavy atom. The fourth-order valence-corrected chi connectivity index (χ4v) is 4.66. The molecule has 7 heteroatoms. The molecule has 2 aromatic rings. The number of alkyl carbamates (subject to hydrolysis) is 1. The highest BCUT2D eigenvalue weighted by molar-refractivity contribution is 5.90. The van der Waals surface area contributed by atoms with Crippen LogP contribution in [0.5, 0.6) is 0 Å². The van der Waals surface area contributed by atoms with Crippen molar-refractivity contribution >= 4 is 18.0 Å². The van der Waals surface area contributed by atoms with Gasteiger partial charge in [-0.25, -0.2) is 9.59 Å². The molecule has 2 N–H and O–H groups in total. The highest BCUT2D eigenvalue weighted by Crippen LogP contribution is 2.44. The average Bonchev–Trinajstić information content (AvgIpc) is 3.40. The maximum absolute atomic E-state index is 12.9. The Balaban J connectivity index is 1.43. The van der Waals surface area contributed by atoms with Crippen LogP contribution in [0.4, 0.5) is 4.79 Å². The smallest absolute Gasteiger partial charge is 0.407 e. The van der Waals surface area contributed by atoms with Gasteiger partial charge in [0.2, 0.25) is 5.91 Å². The van der Waals surface area contributed by atoms with Gasteiger partial charge < -0.3 is 20.1 Å². The van der Waals surface area contributed by atoms with Gasteiger partial charge in [0.25, 0.3) is 0 Å². The average molecular weight is 434 g/mol. The first-order chi connectivity index (χ1) is 15.5. The Labute approximate surface area is 186 Å². The van der Waals surface area contributed by atoms with Gasteiger partial charge in [0.1, 0.15) is 18.7 Å². The van der Waals surface area contributed by atoms with Crippen LogP contribution in [-0.2, 0) is 14.3 Å². The summed E-state index contributed by atoms with van der Waals surface area (Å²) in [5.41, 5.74) is 4.46. The van der Waals surface area contributed by atoms with E-state index < -0.39 is 30.1 Å². The molecule has 1 aliphatic heterocycles. The Morgan fingerprint density at radius 2 is 1.75 bits per heavy atom. The van der Waals surface area contributed by atoms with Crippen molar-refractivity contribution in [2.24, 2.45) is 0 Å². The van der Waals surface area contributed by atoms with Gasteiger partial charge >= 0.3 is 12.1 Å². The number of carbonyl (C=O) groups is 3. The van der Waals surface area contributed by atoms with E-state index in [1.165, 1.54) is 11.0 Å². The van der Waals surface area contributed by atoms with Crippen LogP contribution in [0.2, 0.25) is 0 Å². The van der Waals surface area contributed by atoms with Gasteiger partial charge in [-0.05, 0) is 41.5 Å². The van der Waals surface area contributed by atoms with Gasteiger partial charge in [-0.3, -0.25) is 4.79 Å². The summed E-state index contributed by atoms with van der Waals surface area (Å²) < 4.78 is 5.53. The molecule has 1 fully saturated rings. The number of hydrogen-bond donors (Lipinski definition) is 2. The third-order valence-electron chi connectivity index (χ3n) is 6.16. The van der Waals surface area contributed by atoms with Crippen molar-refractivity contribution in [3.63, 3.8) is 0 Å². The molecule has 0 aromatic heterocycles. The van der Waals surface area contributed by atoms with Crippen LogP contribution in [0.15, 0.2) is 61.2 Å². The van der Waals surface area contributed by atoms with Gasteiger partial charge in [-0.15, -0.1) is 6.58 Å². The molecule has 4 rings (SSSR count). The predicted molar refractivity (Wildman–Crippen MR) is 119 cm³/mol. The summed E-state index contributed by atoms with van der Waals surface area (Å²) in [6.45, 7) is 4.14. The Hall–Kier alpha value is -3.61. The predicted octanol–water partition coefficient (Wildman–Crippen LogP) is 3.55. The first kappa shape index (κ1) is 21.6. The molecule has 0 saturated carbocycles. The first-order valence-electron chi connectivity index (χ1n) is 10.8. The highest BCUT2D eigenvalue weighted by Gasteiger charge is 2.37. The van der Waals surface area contributed by atoms with Crippen molar-refractivity contribution < 1.29 is 24.2 Å². The number of carboxylic acid groups (broad SMARTS) is 1. The maximum atomic E-state index is 12.9. The number of hydrogen-bond acceptors (Lipinski definition) is 4. The van der Waals surface area contributed by atoms with Crippen LogP contribution in [0.3, 0.4) is 0 Å². The monoisotopic (exact) mass is 434 g/mol. The van der Waals surface area contributed by atoms with Crippen molar-refractivity contribution in [2.75, 3.05) is 13.2 Å². The van der Waals surface area contributed by atoms with E-state index in [0.29, 0.717) is 19.4 Å². The van der Waals surface area contributed by atoms with Crippen LogP contribution < -0.4 is 5.32 Å². The second-order valence-electron chi connectivity index (χ2n) is 8.07. The standard InChI is InChI=1S/C25H26N2O5/c1-2-8-21(23(28)27-14-7-13-22(27)24(29)30)26-25(31)32-15-20-18-11-5-3-9-16(18)17-10-4-6-12-19(17)20/h2-6,9-12,20-22H,1,7-8,13-15H2,(H,26,31)(H,29,30). The van der Waals surface area contributed by atoms with Crippen molar-refractivity contribution in [1.29, 1.82) is 0 Å². The zero-order valence-corrected chi connectivity index (χ0v) is 17.7. The Kier molecular flexibility index (Phi) is 6.25. The molecular weight excluding hydrogens is 408 g/mol. The van der Waals surface area contributed by atoms with E-state index in [1.54, 1.807) is 0 Å². The summed E-state index contributed by atoms with van der Waals surface area (Å²) in [4.78, 5) is 38.3.